The van der Waals surface area contributed by atoms with E-state index in [0.717, 1.165) is 28.8 Å². The Hall–Kier alpha value is -2.42. The van der Waals surface area contributed by atoms with E-state index in [-0.39, 0.29) is 17.7 Å². The molecular weight excluding hydrogens is 325 g/mol. The maximum atomic E-state index is 14.6. The summed E-state index contributed by atoms with van der Waals surface area (Å²) in [5.74, 6) is 0.193. The Kier molecular flexibility index (Phi) is 5.55. The molecule has 3 rings (SSSR count). The van der Waals surface area contributed by atoms with Crippen LogP contribution in [-0.2, 0) is 11.2 Å². The van der Waals surface area contributed by atoms with Crippen molar-refractivity contribution >= 4 is 17.4 Å². The van der Waals surface area contributed by atoms with Crippen LogP contribution in [-0.4, -0.2) is 5.91 Å². The van der Waals surface area contributed by atoms with Crippen LogP contribution in [0, 0.1) is 25.7 Å². The molecule has 1 amide bonds. The van der Waals surface area contributed by atoms with Gasteiger partial charge in [-0.2, -0.15) is 0 Å². The lowest BCUT2D eigenvalue weighted by molar-refractivity contribution is -0.116. The van der Waals surface area contributed by atoms with Crippen molar-refractivity contribution < 1.29 is 9.18 Å². The largest absolute Gasteiger partial charge is 0.326 e. The van der Waals surface area contributed by atoms with Gasteiger partial charge in [-0.1, -0.05) is 49.4 Å². The van der Waals surface area contributed by atoms with Gasteiger partial charge in [0.1, 0.15) is 5.83 Å². The summed E-state index contributed by atoms with van der Waals surface area (Å²) in [6, 6.07) is 13.6. The second-order valence-corrected chi connectivity index (χ2v) is 7.37. The SMILES string of the molecule is Cc1cccc(C)c1NC(=O)CCC1C=C(F)c2ccccc2CC1C. The predicted molar refractivity (Wildman–Crippen MR) is 106 cm³/mol. The van der Waals surface area contributed by atoms with Crippen molar-refractivity contribution in [3.8, 4) is 0 Å². The third kappa shape index (κ3) is 4.04. The van der Waals surface area contributed by atoms with Gasteiger partial charge < -0.3 is 5.32 Å². The number of aryl methyl sites for hydroxylation is 2. The third-order valence-electron chi connectivity index (χ3n) is 5.36. The van der Waals surface area contributed by atoms with Gasteiger partial charge in [0.2, 0.25) is 5.91 Å². The van der Waals surface area contributed by atoms with Gasteiger partial charge in [0.15, 0.2) is 0 Å². The van der Waals surface area contributed by atoms with Crippen LogP contribution < -0.4 is 5.32 Å². The second kappa shape index (κ2) is 7.86. The number of rotatable bonds is 4. The number of anilines is 1. The number of fused-ring (bicyclic) bond motifs is 1. The molecule has 0 saturated carbocycles. The molecule has 0 saturated heterocycles. The predicted octanol–water partition coefficient (Wildman–Crippen LogP) is 5.84. The number of allylic oxidation sites excluding steroid dienone is 1. The summed E-state index contributed by atoms with van der Waals surface area (Å²) in [7, 11) is 0. The molecule has 0 fully saturated rings. The maximum Gasteiger partial charge on any atom is 0.224 e. The number of nitrogens with one attached hydrogen (secondary N) is 1. The zero-order valence-electron chi connectivity index (χ0n) is 15.7. The second-order valence-electron chi connectivity index (χ2n) is 7.37. The molecule has 0 spiro atoms. The van der Waals surface area contributed by atoms with E-state index in [2.05, 4.69) is 12.2 Å². The normalized spacial score (nSPS) is 19.3. The molecule has 0 bridgehead atoms. The molecule has 0 heterocycles. The zero-order chi connectivity index (χ0) is 18.7. The first kappa shape index (κ1) is 18.4. The molecule has 1 aliphatic rings. The monoisotopic (exact) mass is 351 g/mol. The van der Waals surface area contributed by atoms with Gasteiger partial charge >= 0.3 is 0 Å². The Balaban J connectivity index is 1.66. The van der Waals surface area contributed by atoms with E-state index in [9.17, 15) is 9.18 Å². The van der Waals surface area contributed by atoms with Gasteiger partial charge in [-0.05, 0) is 61.3 Å². The van der Waals surface area contributed by atoms with E-state index in [0.29, 0.717) is 24.3 Å². The first-order valence-electron chi connectivity index (χ1n) is 9.27. The van der Waals surface area contributed by atoms with E-state index in [1.54, 1.807) is 6.08 Å². The minimum Gasteiger partial charge on any atom is -0.326 e. The number of amides is 1. The van der Waals surface area contributed by atoms with E-state index in [1.165, 1.54) is 0 Å². The molecule has 0 aliphatic heterocycles. The standard InChI is InChI=1S/C23H26FNO/c1-15-7-6-8-16(2)23(15)25-22(26)12-11-18-14-21(24)20-10-5-4-9-19(20)13-17(18)3/h4-10,14,17-18H,11-13H2,1-3H3,(H,25,26). The summed E-state index contributed by atoms with van der Waals surface area (Å²) in [5, 5.41) is 3.02. The molecule has 2 atom stereocenters. The van der Waals surface area contributed by atoms with Gasteiger partial charge in [0, 0.05) is 17.7 Å². The smallest absolute Gasteiger partial charge is 0.224 e. The zero-order valence-corrected chi connectivity index (χ0v) is 15.7. The van der Waals surface area contributed by atoms with E-state index < -0.39 is 0 Å². The minimum absolute atomic E-state index is 0.00910. The van der Waals surface area contributed by atoms with Crippen LogP contribution in [0.4, 0.5) is 10.1 Å². The topological polar surface area (TPSA) is 29.1 Å². The molecule has 3 heteroatoms. The van der Waals surface area contributed by atoms with Crippen LogP contribution in [0.2, 0.25) is 0 Å². The van der Waals surface area contributed by atoms with Gasteiger partial charge in [-0.15, -0.1) is 0 Å². The average molecular weight is 351 g/mol. The summed E-state index contributed by atoms with van der Waals surface area (Å²) in [6.07, 6.45) is 3.59. The van der Waals surface area contributed by atoms with E-state index in [4.69, 9.17) is 0 Å². The van der Waals surface area contributed by atoms with Crippen molar-refractivity contribution in [2.45, 2.75) is 40.0 Å². The number of para-hydroxylation sites is 1. The lowest BCUT2D eigenvalue weighted by Crippen LogP contribution is -2.17. The van der Waals surface area contributed by atoms with Crippen LogP contribution in [0.3, 0.4) is 0 Å². The lowest BCUT2D eigenvalue weighted by Gasteiger charge is -2.19. The molecule has 0 aromatic heterocycles. The average Bonchev–Trinajstić information content (AvgIpc) is 2.73. The van der Waals surface area contributed by atoms with Crippen LogP contribution >= 0.6 is 0 Å². The Morgan fingerprint density at radius 2 is 1.81 bits per heavy atom. The van der Waals surface area contributed by atoms with Crippen LogP contribution in [0.15, 0.2) is 48.5 Å². The number of carbonyl (C=O) groups excluding carboxylic acids is 1. The summed E-state index contributed by atoms with van der Waals surface area (Å²) in [4.78, 5) is 12.4. The summed E-state index contributed by atoms with van der Waals surface area (Å²) < 4.78 is 14.6. The Morgan fingerprint density at radius 1 is 1.12 bits per heavy atom. The first-order chi connectivity index (χ1) is 12.5. The van der Waals surface area contributed by atoms with Crippen LogP contribution in [0.25, 0.3) is 5.83 Å². The highest BCUT2D eigenvalue weighted by molar-refractivity contribution is 5.92. The highest BCUT2D eigenvalue weighted by Gasteiger charge is 2.23. The minimum atomic E-state index is -0.162. The fraction of sp³-hybridized carbons (Fsp3) is 0.348. The molecule has 26 heavy (non-hydrogen) atoms. The van der Waals surface area contributed by atoms with Crippen molar-refractivity contribution in [3.05, 3.63) is 70.8 Å². The van der Waals surface area contributed by atoms with Crippen LogP contribution in [0.5, 0.6) is 0 Å². The quantitative estimate of drug-likeness (QED) is 0.736. The van der Waals surface area contributed by atoms with Gasteiger partial charge in [-0.25, -0.2) is 4.39 Å². The number of hydrogen-bond donors (Lipinski definition) is 1. The van der Waals surface area contributed by atoms with Gasteiger partial charge in [-0.3, -0.25) is 4.79 Å². The molecule has 2 nitrogen and oxygen atoms in total. The summed E-state index contributed by atoms with van der Waals surface area (Å²) in [5.41, 5.74) is 4.75. The Morgan fingerprint density at radius 3 is 2.54 bits per heavy atom. The fourth-order valence-corrected chi connectivity index (χ4v) is 3.75. The number of hydrogen-bond acceptors (Lipinski definition) is 1. The van der Waals surface area contributed by atoms with E-state index >= 15 is 0 Å². The van der Waals surface area contributed by atoms with Crippen molar-refractivity contribution in [1.29, 1.82) is 0 Å². The molecule has 2 unspecified atom stereocenters. The van der Waals surface area contributed by atoms with Crippen molar-refractivity contribution in [1.82, 2.24) is 0 Å². The number of benzene rings is 2. The highest BCUT2D eigenvalue weighted by Crippen LogP contribution is 2.34. The molecule has 2 aromatic rings. The van der Waals surface area contributed by atoms with Gasteiger partial charge in [0.25, 0.3) is 0 Å². The van der Waals surface area contributed by atoms with Gasteiger partial charge in [0.05, 0.1) is 0 Å². The summed E-state index contributed by atoms with van der Waals surface area (Å²) in [6.45, 7) is 6.12. The molecule has 136 valence electrons. The van der Waals surface area contributed by atoms with Crippen LogP contribution in [0.1, 0.15) is 42.0 Å². The number of carbonyl (C=O) groups is 1. The lowest BCUT2D eigenvalue weighted by atomic mass is 9.86. The van der Waals surface area contributed by atoms with Crippen molar-refractivity contribution in [3.63, 3.8) is 0 Å². The molecular formula is C23H26FNO. The third-order valence-corrected chi connectivity index (χ3v) is 5.36. The first-order valence-corrected chi connectivity index (χ1v) is 9.27. The summed E-state index contributed by atoms with van der Waals surface area (Å²) >= 11 is 0. The number of halogens is 1. The highest BCUT2D eigenvalue weighted by atomic mass is 19.1. The van der Waals surface area contributed by atoms with E-state index in [1.807, 2.05) is 56.3 Å². The molecule has 1 aliphatic carbocycles. The van der Waals surface area contributed by atoms with Crippen molar-refractivity contribution in [2.75, 3.05) is 5.32 Å². The maximum absolute atomic E-state index is 14.6. The molecule has 1 N–H and O–H groups in total. The fourth-order valence-electron chi connectivity index (χ4n) is 3.75. The molecule has 2 aromatic carbocycles. The molecule has 0 radical (unpaired) electrons. The van der Waals surface area contributed by atoms with Crippen molar-refractivity contribution in [2.24, 2.45) is 11.8 Å². The Labute approximate surface area is 155 Å². The Bertz CT molecular complexity index is 820.